The van der Waals surface area contributed by atoms with Crippen molar-refractivity contribution in [2.24, 2.45) is 0 Å². The zero-order valence-corrected chi connectivity index (χ0v) is 15.8. The Hall–Kier alpha value is -2.73. The van der Waals surface area contributed by atoms with Crippen LogP contribution in [0.2, 0.25) is 5.02 Å². The Kier molecular flexibility index (Phi) is 4.90. The molecule has 7 heteroatoms. The highest BCUT2D eigenvalue weighted by atomic mass is 35.5. The lowest BCUT2D eigenvalue weighted by atomic mass is 9.93. The highest BCUT2D eigenvalue weighted by Crippen LogP contribution is 2.32. The molecular weight excluding hydrogens is 362 g/mol. The molecule has 1 aliphatic rings. The molecule has 4 rings (SSSR count). The number of aromatic amines is 1. The summed E-state index contributed by atoms with van der Waals surface area (Å²) in [6, 6.07) is 9.75. The Bertz CT molecular complexity index is 945. The molecular formula is C20H20ClN5O. The monoisotopic (exact) mass is 381 g/mol. The Labute approximate surface area is 162 Å². The summed E-state index contributed by atoms with van der Waals surface area (Å²) in [5.41, 5.74) is 4.07. The molecule has 1 amide bonds. The fourth-order valence-corrected chi connectivity index (χ4v) is 3.64. The van der Waals surface area contributed by atoms with Crippen LogP contribution in [0.5, 0.6) is 0 Å². The molecule has 1 saturated heterocycles. The summed E-state index contributed by atoms with van der Waals surface area (Å²) in [4.78, 5) is 22.8. The largest absolute Gasteiger partial charge is 0.337 e. The fourth-order valence-electron chi connectivity index (χ4n) is 3.41. The standard InChI is InChI=1S/C20H20ClN5O/c1-13-11-23-19(12-22-13)20(27)26-8-6-14(7-9-26)17-10-18(25-24-17)15-4-2-3-5-16(15)21/h2-5,10-12,14H,6-9H2,1H3,(H,24,25). The van der Waals surface area contributed by atoms with Gasteiger partial charge in [0.2, 0.25) is 0 Å². The number of rotatable bonds is 3. The van der Waals surface area contributed by atoms with Gasteiger partial charge in [0, 0.05) is 36.5 Å². The van der Waals surface area contributed by atoms with Crippen LogP contribution in [-0.4, -0.2) is 44.1 Å². The van der Waals surface area contributed by atoms with Crippen LogP contribution in [0.15, 0.2) is 42.7 Å². The first-order chi connectivity index (χ1) is 13.1. The summed E-state index contributed by atoms with van der Waals surface area (Å²) in [5.74, 6) is 0.296. The van der Waals surface area contributed by atoms with Crippen molar-refractivity contribution in [2.75, 3.05) is 13.1 Å². The number of carbonyl (C=O) groups is 1. The minimum absolute atomic E-state index is 0.0534. The number of carbonyl (C=O) groups excluding carboxylic acids is 1. The summed E-state index contributed by atoms with van der Waals surface area (Å²) in [5, 5.41) is 8.26. The van der Waals surface area contributed by atoms with E-state index in [0.29, 0.717) is 29.7 Å². The molecule has 0 saturated carbocycles. The van der Waals surface area contributed by atoms with Gasteiger partial charge in [-0.25, -0.2) is 4.98 Å². The maximum absolute atomic E-state index is 12.6. The van der Waals surface area contributed by atoms with Crippen LogP contribution >= 0.6 is 11.6 Å². The number of aromatic nitrogens is 4. The van der Waals surface area contributed by atoms with Crippen molar-refractivity contribution in [3.05, 3.63) is 64.8 Å². The number of halogens is 1. The van der Waals surface area contributed by atoms with Gasteiger partial charge in [-0.2, -0.15) is 5.10 Å². The van der Waals surface area contributed by atoms with Crippen molar-refractivity contribution in [3.63, 3.8) is 0 Å². The first kappa shape index (κ1) is 17.7. The van der Waals surface area contributed by atoms with Crippen molar-refractivity contribution in [3.8, 4) is 11.3 Å². The number of H-pyrrole nitrogens is 1. The summed E-state index contributed by atoms with van der Waals surface area (Å²) < 4.78 is 0. The number of aryl methyl sites for hydroxylation is 1. The number of hydrogen-bond acceptors (Lipinski definition) is 4. The molecule has 0 bridgehead atoms. The number of nitrogens with one attached hydrogen (secondary N) is 1. The smallest absolute Gasteiger partial charge is 0.274 e. The predicted octanol–water partition coefficient (Wildman–Crippen LogP) is 3.85. The molecule has 2 aromatic heterocycles. The molecule has 1 aromatic carbocycles. The topological polar surface area (TPSA) is 74.8 Å². The lowest BCUT2D eigenvalue weighted by molar-refractivity contribution is 0.0705. The van der Waals surface area contributed by atoms with Crippen molar-refractivity contribution in [2.45, 2.75) is 25.7 Å². The second kappa shape index (κ2) is 7.48. The Morgan fingerprint density at radius 3 is 2.67 bits per heavy atom. The van der Waals surface area contributed by atoms with Crippen LogP contribution in [0.4, 0.5) is 0 Å². The third-order valence-electron chi connectivity index (χ3n) is 4.97. The molecule has 0 unspecified atom stereocenters. The lowest BCUT2D eigenvalue weighted by Gasteiger charge is -2.31. The van der Waals surface area contributed by atoms with E-state index in [1.54, 1.807) is 12.4 Å². The molecule has 0 atom stereocenters. The van der Waals surface area contributed by atoms with Crippen molar-refractivity contribution in [1.82, 2.24) is 25.1 Å². The van der Waals surface area contributed by atoms with E-state index in [1.807, 2.05) is 36.1 Å². The molecule has 1 fully saturated rings. The number of benzene rings is 1. The van der Waals surface area contributed by atoms with Crippen LogP contribution in [0, 0.1) is 6.92 Å². The zero-order valence-electron chi connectivity index (χ0n) is 15.0. The maximum Gasteiger partial charge on any atom is 0.274 e. The number of nitrogens with zero attached hydrogens (tertiary/aromatic N) is 4. The summed E-state index contributed by atoms with van der Waals surface area (Å²) >= 11 is 6.27. The van der Waals surface area contributed by atoms with Crippen molar-refractivity contribution >= 4 is 17.5 Å². The van der Waals surface area contributed by atoms with Gasteiger partial charge in [-0.1, -0.05) is 29.8 Å². The molecule has 0 spiro atoms. The summed E-state index contributed by atoms with van der Waals surface area (Å²) in [7, 11) is 0. The normalized spacial score (nSPS) is 15.1. The predicted molar refractivity (Wildman–Crippen MR) is 104 cm³/mol. The average Bonchev–Trinajstić information content (AvgIpc) is 3.18. The van der Waals surface area contributed by atoms with E-state index in [0.717, 1.165) is 35.5 Å². The van der Waals surface area contributed by atoms with Gasteiger partial charge < -0.3 is 4.90 Å². The van der Waals surface area contributed by atoms with E-state index in [1.165, 1.54) is 0 Å². The van der Waals surface area contributed by atoms with Crippen LogP contribution in [0.25, 0.3) is 11.3 Å². The van der Waals surface area contributed by atoms with E-state index in [4.69, 9.17) is 11.6 Å². The number of amides is 1. The third kappa shape index (κ3) is 3.71. The van der Waals surface area contributed by atoms with Crippen LogP contribution in [0.3, 0.4) is 0 Å². The van der Waals surface area contributed by atoms with Gasteiger partial charge in [-0.15, -0.1) is 0 Å². The van der Waals surface area contributed by atoms with Gasteiger partial charge in [-0.05, 0) is 31.9 Å². The van der Waals surface area contributed by atoms with E-state index in [-0.39, 0.29) is 5.91 Å². The van der Waals surface area contributed by atoms with Gasteiger partial charge in [-0.3, -0.25) is 14.9 Å². The van der Waals surface area contributed by atoms with Crippen LogP contribution < -0.4 is 0 Å². The fraction of sp³-hybridized carbons (Fsp3) is 0.300. The average molecular weight is 382 g/mol. The lowest BCUT2D eigenvalue weighted by Crippen LogP contribution is -2.38. The number of likely N-dealkylation sites (tertiary alicyclic amines) is 1. The van der Waals surface area contributed by atoms with Crippen molar-refractivity contribution in [1.29, 1.82) is 0 Å². The third-order valence-corrected chi connectivity index (χ3v) is 5.30. The Morgan fingerprint density at radius 1 is 1.19 bits per heavy atom. The highest BCUT2D eigenvalue weighted by Gasteiger charge is 2.26. The van der Waals surface area contributed by atoms with E-state index < -0.39 is 0 Å². The van der Waals surface area contributed by atoms with Crippen molar-refractivity contribution < 1.29 is 4.79 Å². The Morgan fingerprint density at radius 2 is 1.96 bits per heavy atom. The molecule has 3 heterocycles. The van der Waals surface area contributed by atoms with E-state index >= 15 is 0 Å². The van der Waals surface area contributed by atoms with Gasteiger partial charge in [0.25, 0.3) is 5.91 Å². The first-order valence-corrected chi connectivity index (χ1v) is 9.38. The number of hydrogen-bond donors (Lipinski definition) is 1. The van der Waals surface area contributed by atoms with E-state index in [2.05, 4.69) is 26.2 Å². The molecule has 0 aliphatic carbocycles. The molecule has 0 radical (unpaired) electrons. The maximum atomic E-state index is 12.6. The number of piperidine rings is 1. The first-order valence-electron chi connectivity index (χ1n) is 9.00. The second-order valence-electron chi connectivity index (χ2n) is 6.80. The summed E-state index contributed by atoms with van der Waals surface area (Å²) in [6.45, 7) is 3.24. The quantitative estimate of drug-likeness (QED) is 0.747. The van der Waals surface area contributed by atoms with Gasteiger partial charge in [0.15, 0.2) is 0 Å². The van der Waals surface area contributed by atoms with Crippen LogP contribution in [0.1, 0.15) is 40.6 Å². The molecule has 1 aliphatic heterocycles. The van der Waals surface area contributed by atoms with Gasteiger partial charge in [0.05, 0.1) is 22.6 Å². The SMILES string of the molecule is Cc1cnc(C(=O)N2CCC(c3cc(-c4ccccc4Cl)n[nH]3)CC2)cn1. The summed E-state index contributed by atoms with van der Waals surface area (Å²) in [6.07, 6.45) is 4.94. The minimum atomic E-state index is -0.0534. The van der Waals surface area contributed by atoms with E-state index in [9.17, 15) is 4.79 Å². The molecule has 3 aromatic rings. The van der Waals surface area contributed by atoms with Gasteiger partial charge >= 0.3 is 0 Å². The molecule has 1 N–H and O–H groups in total. The van der Waals surface area contributed by atoms with Gasteiger partial charge in [0.1, 0.15) is 5.69 Å². The molecule has 138 valence electrons. The van der Waals surface area contributed by atoms with Crippen LogP contribution in [-0.2, 0) is 0 Å². The molecule has 27 heavy (non-hydrogen) atoms. The second-order valence-corrected chi connectivity index (χ2v) is 7.21. The highest BCUT2D eigenvalue weighted by molar-refractivity contribution is 6.33. The minimum Gasteiger partial charge on any atom is -0.337 e. The zero-order chi connectivity index (χ0) is 18.8. The Balaban J connectivity index is 1.42. The molecule has 6 nitrogen and oxygen atoms in total.